The number of phenolic OH excluding ortho intramolecular Hbond substituents is 1. The number of hydrogen-bond donors (Lipinski definition) is 2. The van der Waals surface area contributed by atoms with E-state index in [-0.39, 0.29) is 22.2 Å². The van der Waals surface area contributed by atoms with Crippen LogP contribution >= 0.6 is 12.2 Å². The Morgan fingerprint density at radius 2 is 2.03 bits per heavy atom. The molecule has 2 aromatic carbocycles. The van der Waals surface area contributed by atoms with Crippen molar-refractivity contribution in [2.24, 2.45) is 0 Å². The van der Waals surface area contributed by atoms with Crippen LogP contribution < -0.4 is 19.7 Å². The summed E-state index contributed by atoms with van der Waals surface area (Å²) in [5.74, 6) is -0.384. The van der Waals surface area contributed by atoms with Crippen molar-refractivity contribution in [2.45, 2.75) is 13.3 Å². The van der Waals surface area contributed by atoms with E-state index in [0.29, 0.717) is 35.6 Å². The van der Waals surface area contributed by atoms with Gasteiger partial charge in [0.2, 0.25) is 0 Å². The van der Waals surface area contributed by atoms with Gasteiger partial charge in [-0.05, 0) is 61.5 Å². The lowest BCUT2D eigenvalue weighted by Gasteiger charge is -2.29. The van der Waals surface area contributed by atoms with Crippen LogP contribution in [0.15, 0.2) is 54.6 Å². The smallest absolute Gasteiger partial charge is 0.270 e. The van der Waals surface area contributed by atoms with Crippen LogP contribution in [0.3, 0.4) is 0 Å². The van der Waals surface area contributed by atoms with Crippen LogP contribution in [-0.2, 0) is 16.0 Å². The molecule has 0 atom stereocenters. The Labute approximate surface area is 185 Å². The highest BCUT2D eigenvalue weighted by atomic mass is 32.1. The second kappa shape index (κ2) is 9.44. The lowest BCUT2D eigenvalue weighted by atomic mass is 10.0. The second-order valence-corrected chi connectivity index (χ2v) is 7.00. The van der Waals surface area contributed by atoms with Gasteiger partial charge < -0.3 is 14.6 Å². The molecular weight excluding hydrogens is 416 g/mol. The van der Waals surface area contributed by atoms with Gasteiger partial charge in [0.25, 0.3) is 11.8 Å². The van der Waals surface area contributed by atoms with Crippen LogP contribution in [0.4, 0.5) is 5.69 Å². The molecule has 1 saturated heterocycles. The molecule has 0 radical (unpaired) electrons. The Balaban J connectivity index is 2.04. The third-order valence-corrected chi connectivity index (χ3v) is 4.84. The number of nitrogens with zero attached hydrogens (tertiary/aromatic N) is 1. The fraction of sp³-hybridized carbons (Fsp3) is 0.174. The van der Waals surface area contributed by atoms with Crippen LogP contribution in [0.1, 0.15) is 18.1 Å². The second-order valence-electron chi connectivity index (χ2n) is 6.61. The number of carbonyl (C=O) groups is 2. The van der Waals surface area contributed by atoms with Crippen LogP contribution in [0, 0.1) is 0 Å². The number of carbonyl (C=O) groups excluding carboxylic acids is 2. The topological polar surface area (TPSA) is 88.1 Å². The molecule has 2 N–H and O–H groups in total. The molecule has 1 aliphatic rings. The maximum Gasteiger partial charge on any atom is 0.270 e. The number of benzene rings is 2. The highest BCUT2D eigenvalue weighted by Gasteiger charge is 2.34. The van der Waals surface area contributed by atoms with Gasteiger partial charge in [0.1, 0.15) is 11.3 Å². The molecule has 3 rings (SSSR count). The maximum absolute atomic E-state index is 13.2. The van der Waals surface area contributed by atoms with Gasteiger partial charge >= 0.3 is 0 Å². The minimum atomic E-state index is -0.607. The third-order valence-electron chi connectivity index (χ3n) is 4.56. The molecule has 0 saturated carbocycles. The van der Waals surface area contributed by atoms with E-state index in [2.05, 4.69) is 11.9 Å². The number of hydrogen-bond acceptors (Lipinski definition) is 6. The zero-order valence-electron chi connectivity index (χ0n) is 17.2. The van der Waals surface area contributed by atoms with Crippen molar-refractivity contribution in [1.29, 1.82) is 0 Å². The normalized spacial score (nSPS) is 15.1. The summed E-state index contributed by atoms with van der Waals surface area (Å²) in [5.41, 5.74) is 1.44. The molecule has 8 heteroatoms. The summed E-state index contributed by atoms with van der Waals surface area (Å²) in [6.45, 7) is 6.01. The Morgan fingerprint density at radius 3 is 2.71 bits per heavy atom. The predicted octanol–water partition coefficient (Wildman–Crippen LogP) is 3.36. The molecule has 0 spiro atoms. The lowest BCUT2D eigenvalue weighted by Crippen LogP contribution is -2.54. The number of aromatic hydroxyl groups is 1. The largest absolute Gasteiger partial charge is 0.504 e. The molecule has 7 nitrogen and oxygen atoms in total. The van der Waals surface area contributed by atoms with E-state index in [9.17, 15) is 14.7 Å². The molecule has 1 fully saturated rings. The molecule has 0 aromatic heterocycles. The first kappa shape index (κ1) is 22.0. The van der Waals surface area contributed by atoms with Crippen molar-refractivity contribution in [1.82, 2.24) is 5.32 Å². The van der Waals surface area contributed by atoms with Gasteiger partial charge in [-0.3, -0.25) is 19.8 Å². The van der Waals surface area contributed by atoms with Gasteiger partial charge in [-0.2, -0.15) is 0 Å². The van der Waals surface area contributed by atoms with Crippen molar-refractivity contribution in [3.05, 3.63) is 65.8 Å². The van der Waals surface area contributed by atoms with Gasteiger partial charge in [0, 0.05) is 11.6 Å². The zero-order chi connectivity index (χ0) is 22.5. The molecule has 2 amide bonds. The van der Waals surface area contributed by atoms with E-state index >= 15 is 0 Å². The van der Waals surface area contributed by atoms with Gasteiger partial charge in [-0.25, -0.2) is 0 Å². The summed E-state index contributed by atoms with van der Waals surface area (Å²) < 4.78 is 10.7. The maximum atomic E-state index is 13.2. The summed E-state index contributed by atoms with van der Waals surface area (Å²) in [6, 6.07) is 10.1. The first-order chi connectivity index (χ1) is 14.9. The quantitative estimate of drug-likeness (QED) is 0.298. The number of nitrogens with one attached hydrogen (secondary N) is 1. The number of amides is 2. The van der Waals surface area contributed by atoms with Crippen LogP contribution in [0.2, 0.25) is 0 Å². The standard InChI is InChI=1S/C23H22N2O5S/c1-4-7-15-10-14(12-19(29-3)20(15)26)11-18-21(27)24-23(31)25(22(18)28)16-8-6-9-17(13-16)30-5-2/h4,6,8-13,26H,1,5,7H2,2-3H3,(H,24,27,31)/b18-11+. The summed E-state index contributed by atoms with van der Waals surface area (Å²) in [4.78, 5) is 27.0. The molecule has 31 heavy (non-hydrogen) atoms. The van der Waals surface area contributed by atoms with Crippen LogP contribution in [-0.4, -0.2) is 35.8 Å². The summed E-state index contributed by atoms with van der Waals surface area (Å²) in [5, 5.41) is 12.8. The Hall–Kier alpha value is -3.65. The SMILES string of the molecule is C=CCc1cc(/C=C2\C(=O)NC(=S)N(c3cccc(OCC)c3)C2=O)cc(OC)c1O. The monoisotopic (exact) mass is 438 g/mol. The van der Waals surface area contributed by atoms with E-state index < -0.39 is 11.8 Å². The Kier molecular flexibility index (Phi) is 6.71. The molecule has 0 bridgehead atoms. The highest BCUT2D eigenvalue weighted by molar-refractivity contribution is 7.80. The fourth-order valence-electron chi connectivity index (χ4n) is 3.18. The Bertz CT molecular complexity index is 1090. The number of ether oxygens (including phenoxy) is 2. The molecule has 160 valence electrons. The van der Waals surface area contributed by atoms with Gasteiger partial charge in [0.15, 0.2) is 16.6 Å². The average Bonchev–Trinajstić information content (AvgIpc) is 2.73. The van der Waals surface area contributed by atoms with E-state index in [1.165, 1.54) is 18.1 Å². The predicted molar refractivity (Wildman–Crippen MR) is 122 cm³/mol. The van der Waals surface area contributed by atoms with E-state index in [0.717, 1.165) is 0 Å². The summed E-state index contributed by atoms with van der Waals surface area (Å²) >= 11 is 5.24. The highest BCUT2D eigenvalue weighted by Crippen LogP contribution is 2.33. The van der Waals surface area contributed by atoms with Crippen molar-refractivity contribution in [2.75, 3.05) is 18.6 Å². The number of methoxy groups -OCH3 is 1. The molecule has 0 aliphatic carbocycles. The first-order valence-corrected chi connectivity index (χ1v) is 9.95. The van der Waals surface area contributed by atoms with Crippen molar-refractivity contribution in [3.8, 4) is 17.2 Å². The van der Waals surface area contributed by atoms with Crippen molar-refractivity contribution in [3.63, 3.8) is 0 Å². The molecule has 1 heterocycles. The lowest BCUT2D eigenvalue weighted by molar-refractivity contribution is -0.122. The summed E-state index contributed by atoms with van der Waals surface area (Å²) in [6.07, 6.45) is 3.46. The average molecular weight is 439 g/mol. The number of anilines is 1. The summed E-state index contributed by atoms with van der Waals surface area (Å²) in [7, 11) is 1.42. The first-order valence-electron chi connectivity index (χ1n) is 9.54. The zero-order valence-corrected chi connectivity index (χ0v) is 18.0. The number of phenols is 1. The number of thiocarbonyl (C=S) groups is 1. The number of allylic oxidation sites excluding steroid dienone is 1. The van der Waals surface area contributed by atoms with Crippen LogP contribution in [0.25, 0.3) is 6.08 Å². The van der Waals surface area contributed by atoms with Gasteiger partial charge in [0.05, 0.1) is 19.4 Å². The Morgan fingerprint density at radius 1 is 1.26 bits per heavy atom. The minimum Gasteiger partial charge on any atom is -0.504 e. The van der Waals surface area contributed by atoms with Gasteiger partial charge in [-0.15, -0.1) is 6.58 Å². The van der Waals surface area contributed by atoms with Gasteiger partial charge in [-0.1, -0.05) is 12.1 Å². The van der Waals surface area contributed by atoms with E-state index in [4.69, 9.17) is 21.7 Å². The molecular formula is C23H22N2O5S. The van der Waals surface area contributed by atoms with Crippen molar-refractivity contribution < 1.29 is 24.2 Å². The fourth-order valence-corrected chi connectivity index (χ4v) is 3.46. The molecule has 0 unspecified atom stereocenters. The van der Waals surface area contributed by atoms with Crippen LogP contribution in [0.5, 0.6) is 17.2 Å². The number of rotatable bonds is 7. The van der Waals surface area contributed by atoms with E-state index in [1.54, 1.807) is 42.5 Å². The third kappa shape index (κ3) is 4.59. The molecule has 1 aliphatic heterocycles. The van der Waals surface area contributed by atoms with Crippen molar-refractivity contribution >= 4 is 40.9 Å². The minimum absolute atomic E-state index is 0.0143. The van der Waals surface area contributed by atoms with E-state index in [1.807, 2.05) is 6.92 Å². The molecule has 2 aromatic rings.